The molecule has 2 N–H and O–H groups in total. The normalized spacial score (nSPS) is 21.0. The van der Waals surface area contributed by atoms with E-state index < -0.39 is 6.04 Å². The highest BCUT2D eigenvalue weighted by molar-refractivity contribution is 7.80. The van der Waals surface area contributed by atoms with Crippen molar-refractivity contribution in [2.45, 2.75) is 45.2 Å². The minimum absolute atomic E-state index is 0.149. The van der Waals surface area contributed by atoms with E-state index in [9.17, 15) is 9.59 Å². The number of hydrogen-bond donors (Lipinski definition) is 2. The summed E-state index contributed by atoms with van der Waals surface area (Å²) < 4.78 is 0. The average molecular weight is 256 g/mol. The Morgan fingerprint density at radius 1 is 1.53 bits per heavy atom. The van der Waals surface area contributed by atoms with E-state index in [1.165, 1.54) is 4.90 Å². The number of rotatable bonds is 3. The number of thiocarbonyl (C=S) groups is 1. The Morgan fingerprint density at radius 3 is 2.82 bits per heavy atom. The molecule has 0 aromatic rings. The Labute approximate surface area is 107 Å². The molecule has 1 rings (SSSR count). The molecule has 0 aromatic carbocycles. The van der Waals surface area contributed by atoms with E-state index in [0.717, 1.165) is 12.8 Å². The van der Waals surface area contributed by atoms with Crippen molar-refractivity contribution in [3.63, 3.8) is 0 Å². The van der Waals surface area contributed by atoms with E-state index in [1.54, 1.807) is 6.41 Å². The van der Waals surface area contributed by atoms with Gasteiger partial charge >= 0.3 is 6.41 Å². The van der Waals surface area contributed by atoms with Crippen LogP contribution in [0.15, 0.2) is 0 Å². The Bertz CT molecular complexity index is 307. The van der Waals surface area contributed by atoms with Gasteiger partial charge in [0.05, 0.1) is 0 Å². The molecule has 2 amide bonds. The van der Waals surface area contributed by atoms with E-state index in [-0.39, 0.29) is 11.9 Å². The Hall–Kier alpha value is -1.17. The van der Waals surface area contributed by atoms with E-state index in [1.807, 2.05) is 13.8 Å². The van der Waals surface area contributed by atoms with Crippen LogP contribution in [0.2, 0.25) is 0 Å². The minimum Gasteiger partial charge on any atom is -0.360 e. The van der Waals surface area contributed by atoms with Crippen LogP contribution in [0.4, 0.5) is 0 Å². The number of carbonyl (C=O) groups is 1. The van der Waals surface area contributed by atoms with E-state index >= 15 is 0 Å². The second-order valence-corrected chi connectivity index (χ2v) is 4.78. The first kappa shape index (κ1) is 13.9. The van der Waals surface area contributed by atoms with Gasteiger partial charge in [0, 0.05) is 12.6 Å². The van der Waals surface area contributed by atoms with Crippen molar-refractivity contribution >= 4 is 29.6 Å². The molecule has 0 aromatic heterocycles. The molecule has 1 saturated heterocycles. The van der Waals surface area contributed by atoms with Crippen LogP contribution in [0.1, 0.15) is 33.1 Å². The first-order valence-electron chi connectivity index (χ1n) is 5.80. The topological polar surface area (TPSA) is 61.4 Å². The maximum absolute atomic E-state index is 12.1. The molecule has 1 fully saturated rings. The maximum Gasteiger partial charge on any atom is 0.309 e. The summed E-state index contributed by atoms with van der Waals surface area (Å²) >= 11 is 5.19. The predicted octanol–water partition coefficient (Wildman–Crippen LogP) is 0.307. The third kappa shape index (κ3) is 3.96. The largest absolute Gasteiger partial charge is 0.360 e. The van der Waals surface area contributed by atoms with Gasteiger partial charge in [-0.05, 0) is 45.3 Å². The van der Waals surface area contributed by atoms with Crippen molar-refractivity contribution < 1.29 is 9.59 Å². The van der Waals surface area contributed by atoms with Gasteiger partial charge in [-0.15, -0.1) is 0 Å². The zero-order valence-corrected chi connectivity index (χ0v) is 11.0. The van der Waals surface area contributed by atoms with Crippen LogP contribution < -0.4 is 10.6 Å². The van der Waals surface area contributed by atoms with Crippen molar-refractivity contribution in [1.82, 2.24) is 15.5 Å². The monoisotopic (exact) mass is 256 g/mol. The molecule has 1 radical (unpaired) electrons. The third-order valence-electron chi connectivity index (χ3n) is 2.58. The highest BCUT2D eigenvalue weighted by Gasteiger charge is 2.29. The molecule has 95 valence electrons. The molecule has 1 heterocycles. The molecular formula is C11H18N3O2S. The van der Waals surface area contributed by atoms with Crippen molar-refractivity contribution in [1.29, 1.82) is 0 Å². The zero-order valence-electron chi connectivity index (χ0n) is 10.2. The lowest BCUT2D eigenvalue weighted by Crippen LogP contribution is -2.51. The third-order valence-corrected chi connectivity index (χ3v) is 2.92. The van der Waals surface area contributed by atoms with Crippen LogP contribution in [0.25, 0.3) is 0 Å². The second kappa shape index (κ2) is 6.54. The lowest BCUT2D eigenvalue weighted by molar-refractivity contribution is -0.128. The summed E-state index contributed by atoms with van der Waals surface area (Å²) in [5.74, 6) is -0.149. The Morgan fingerprint density at radius 2 is 2.24 bits per heavy atom. The second-order valence-electron chi connectivity index (χ2n) is 4.39. The maximum atomic E-state index is 12.1. The lowest BCUT2D eigenvalue weighted by atomic mass is 10.1. The molecule has 17 heavy (non-hydrogen) atoms. The Balaban J connectivity index is 2.71. The summed E-state index contributed by atoms with van der Waals surface area (Å²) in [6, 6.07) is -0.315. The van der Waals surface area contributed by atoms with Crippen LogP contribution in [-0.4, -0.2) is 41.0 Å². The van der Waals surface area contributed by atoms with E-state index in [0.29, 0.717) is 18.1 Å². The molecule has 6 heteroatoms. The molecule has 0 saturated carbocycles. The van der Waals surface area contributed by atoms with Gasteiger partial charge in [0.15, 0.2) is 5.11 Å². The van der Waals surface area contributed by atoms with Crippen LogP contribution in [0.5, 0.6) is 0 Å². The fourth-order valence-corrected chi connectivity index (χ4v) is 2.19. The number of likely N-dealkylation sites (tertiary alicyclic amines) is 1. The first-order chi connectivity index (χ1) is 8.06. The standard InChI is InChI=1S/C11H18N3O2S/c1-8(2)13-11(17)14-6-4-3-5-9(10(14)16)12-7-15/h8-9H,3-6H2,1-2H3,(H,12,15)(H,13,17)/t9-/m0/s1. The molecule has 0 spiro atoms. The van der Waals surface area contributed by atoms with Crippen LogP contribution in [0.3, 0.4) is 0 Å². The van der Waals surface area contributed by atoms with Crippen LogP contribution in [-0.2, 0) is 9.59 Å². The van der Waals surface area contributed by atoms with Crippen LogP contribution >= 0.6 is 12.2 Å². The number of nitrogens with one attached hydrogen (secondary N) is 2. The van der Waals surface area contributed by atoms with Gasteiger partial charge < -0.3 is 10.6 Å². The summed E-state index contributed by atoms with van der Waals surface area (Å²) in [6.45, 7) is 4.53. The summed E-state index contributed by atoms with van der Waals surface area (Å²) in [7, 11) is 0. The van der Waals surface area contributed by atoms with Crippen molar-refractivity contribution in [2.24, 2.45) is 0 Å². The molecule has 1 aliphatic rings. The highest BCUT2D eigenvalue weighted by Crippen LogP contribution is 2.12. The molecule has 1 atom stereocenters. The number of hydrogen-bond acceptors (Lipinski definition) is 3. The molecular weight excluding hydrogens is 238 g/mol. The molecule has 0 bridgehead atoms. The van der Waals surface area contributed by atoms with Gasteiger partial charge in [-0.1, -0.05) is 0 Å². The van der Waals surface area contributed by atoms with Gasteiger partial charge in [-0.3, -0.25) is 14.5 Å². The van der Waals surface area contributed by atoms with E-state index in [2.05, 4.69) is 10.6 Å². The first-order valence-corrected chi connectivity index (χ1v) is 6.21. The van der Waals surface area contributed by atoms with E-state index in [4.69, 9.17) is 12.2 Å². The zero-order chi connectivity index (χ0) is 12.8. The van der Waals surface area contributed by atoms with Crippen LogP contribution in [0, 0.1) is 0 Å². The van der Waals surface area contributed by atoms with Gasteiger partial charge in [-0.2, -0.15) is 0 Å². The fourth-order valence-electron chi connectivity index (χ4n) is 1.77. The van der Waals surface area contributed by atoms with Gasteiger partial charge in [-0.25, -0.2) is 0 Å². The van der Waals surface area contributed by atoms with Crippen molar-refractivity contribution in [3.05, 3.63) is 0 Å². The Kier molecular flexibility index (Phi) is 5.34. The summed E-state index contributed by atoms with van der Waals surface area (Å²) in [5, 5.41) is 5.91. The molecule has 1 aliphatic heterocycles. The summed E-state index contributed by atoms with van der Waals surface area (Å²) in [5.41, 5.74) is 0. The van der Waals surface area contributed by atoms with Gasteiger partial charge in [0.1, 0.15) is 6.04 Å². The predicted molar refractivity (Wildman–Crippen MR) is 69.1 cm³/mol. The average Bonchev–Trinajstić information content (AvgIpc) is 2.41. The fraction of sp³-hybridized carbons (Fsp3) is 0.727. The molecule has 0 aliphatic carbocycles. The summed E-state index contributed by atoms with van der Waals surface area (Å²) in [4.78, 5) is 24.0. The van der Waals surface area contributed by atoms with Crippen molar-refractivity contribution in [3.8, 4) is 0 Å². The molecule has 5 nitrogen and oxygen atoms in total. The smallest absolute Gasteiger partial charge is 0.309 e. The minimum atomic E-state index is -0.498. The quantitative estimate of drug-likeness (QED) is 0.563. The molecule has 0 unspecified atom stereocenters. The number of nitrogens with zero attached hydrogens (tertiary/aromatic N) is 1. The lowest BCUT2D eigenvalue weighted by Gasteiger charge is -2.26. The summed E-state index contributed by atoms with van der Waals surface area (Å²) in [6.07, 6.45) is 4.02. The number of amides is 2. The van der Waals surface area contributed by atoms with Gasteiger partial charge in [0.2, 0.25) is 0 Å². The highest BCUT2D eigenvalue weighted by atomic mass is 32.1. The number of carbonyl (C=O) groups excluding carboxylic acids is 2. The van der Waals surface area contributed by atoms with Crippen molar-refractivity contribution in [2.75, 3.05) is 6.54 Å². The van der Waals surface area contributed by atoms with Gasteiger partial charge in [0.25, 0.3) is 5.91 Å². The SMILES string of the molecule is CC(C)NC(=S)N1CCCC[C@H](N[C]=O)C1=O.